The molecule has 0 aliphatic rings. The van der Waals surface area contributed by atoms with Crippen LogP contribution in [-0.2, 0) is 6.42 Å². The molecular weight excluding hydrogens is 254 g/mol. The molecule has 0 saturated heterocycles. The number of aromatic nitrogens is 4. The SMILES string of the molecule is CCCc1nc(C(C)C)c(-c2ccnc(N)n2)n1OC. The van der Waals surface area contributed by atoms with Crippen LogP contribution in [0, 0.1) is 0 Å². The molecule has 0 aromatic carbocycles. The Bertz CT molecular complexity index is 591. The summed E-state index contributed by atoms with van der Waals surface area (Å²) in [6, 6.07) is 1.82. The van der Waals surface area contributed by atoms with Crippen molar-refractivity contribution < 1.29 is 4.84 Å². The van der Waals surface area contributed by atoms with Crippen LogP contribution in [0.1, 0.15) is 44.6 Å². The van der Waals surface area contributed by atoms with Crippen LogP contribution in [0.2, 0.25) is 0 Å². The number of anilines is 1. The highest BCUT2D eigenvalue weighted by atomic mass is 16.6. The van der Waals surface area contributed by atoms with Crippen LogP contribution >= 0.6 is 0 Å². The van der Waals surface area contributed by atoms with Gasteiger partial charge in [0.2, 0.25) is 5.95 Å². The van der Waals surface area contributed by atoms with E-state index < -0.39 is 0 Å². The molecule has 0 saturated carbocycles. The van der Waals surface area contributed by atoms with Crippen molar-refractivity contribution in [2.45, 2.75) is 39.5 Å². The first-order chi connectivity index (χ1) is 9.58. The van der Waals surface area contributed by atoms with Crippen molar-refractivity contribution in [3.8, 4) is 11.4 Å². The molecule has 2 aromatic rings. The van der Waals surface area contributed by atoms with E-state index in [-0.39, 0.29) is 11.9 Å². The van der Waals surface area contributed by atoms with Crippen molar-refractivity contribution in [1.82, 2.24) is 19.7 Å². The summed E-state index contributed by atoms with van der Waals surface area (Å²) in [7, 11) is 1.64. The van der Waals surface area contributed by atoms with Gasteiger partial charge in [0.15, 0.2) is 0 Å². The highest BCUT2D eigenvalue weighted by molar-refractivity contribution is 5.60. The van der Waals surface area contributed by atoms with E-state index in [4.69, 9.17) is 15.6 Å². The van der Waals surface area contributed by atoms with Gasteiger partial charge >= 0.3 is 0 Å². The van der Waals surface area contributed by atoms with Crippen LogP contribution in [0.3, 0.4) is 0 Å². The Morgan fingerprint density at radius 1 is 1.35 bits per heavy atom. The van der Waals surface area contributed by atoms with Crippen molar-refractivity contribution in [3.63, 3.8) is 0 Å². The molecule has 0 amide bonds. The quantitative estimate of drug-likeness (QED) is 0.903. The van der Waals surface area contributed by atoms with Gasteiger partial charge in [0.1, 0.15) is 18.6 Å². The molecule has 0 bridgehead atoms. The van der Waals surface area contributed by atoms with E-state index >= 15 is 0 Å². The Labute approximate surface area is 119 Å². The van der Waals surface area contributed by atoms with Gasteiger partial charge in [-0.25, -0.2) is 15.0 Å². The molecule has 0 unspecified atom stereocenters. The first kappa shape index (κ1) is 14.3. The van der Waals surface area contributed by atoms with E-state index in [0.717, 1.165) is 35.7 Å². The van der Waals surface area contributed by atoms with Gasteiger partial charge in [-0.3, -0.25) is 0 Å². The summed E-state index contributed by atoms with van der Waals surface area (Å²) < 4.78 is 1.75. The molecule has 0 aliphatic heterocycles. The fourth-order valence-electron chi connectivity index (χ4n) is 2.19. The second-order valence-corrected chi connectivity index (χ2v) is 4.94. The molecule has 2 aromatic heterocycles. The maximum absolute atomic E-state index is 5.69. The minimum absolute atomic E-state index is 0.248. The monoisotopic (exact) mass is 275 g/mol. The minimum atomic E-state index is 0.248. The van der Waals surface area contributed by atoms with Crippen molar-refractivity contribution in [2.75, 3.05) is 12.8 Å². The second kappa shape index (κ2) is 5.90. The normalized spacial score (nSPS) is 11.1. The van der Waals surface area contributed by atoms with Crippen LogP contribution in [0.25, 0.3) is 11.4 Å². The molecule has 0 aliphatic carbocycles. The lowest BCUT2D eigenvalue weighted by Crippen LogP contribution is -2.13. The van der Waals surface area contributed by atoms with Crippen LogP contribution < -0.4 is 10.6 Å². The molecule has 0 radical (unpaired) electrons. The average Bonchev–Trinajstić information content (AvgIpc) is 2.78. The number of nitrogens with zero attached hydrogens (tertiary/aromatic N) is 4. The molecule has 0 fully saturated rings. The Hall–Kier alpha value is -2.11. The van der Waals surface area contributed by atoms with Gasteiger partial charge in [-0.05, 0) is 18.4 Å². The molecule has 6 nitrogen and oxygen atoms in total. The minimum Gasteiger partial charge on any atom is -0.415 e. The topological polar surface area (TPSA) is 78.9 Å². The number of imidazole rings is 1. The van der Waals surface area contributed by atoms with E-state index in [0.29, 0.717) is 0 Å². The van der Waals surface area contributed by atoms with Crippen molar-refractivity contribution in [1.29, 1.82) is 0 Å². The van der Waals surface area contributed by atoms with E-state index in [9.17, 15) is 0 Å². The maximum Gasteiger partial charge on any atom is 0.220 e. The lowest BCUT2D eigenvalue weighted by molar-refractivity contribution is 0.161. The molecule has 6 heteroatoms. The summed E-state index contributed by atoms with van der Waals surface area (Å²) in [4.78, 5) is 18.4. The largest absolute Gasteiger partial charge is 0.415 e. The summed E-state index contributed by atoms with van der Waals surface area (Å²) in [6.07, 6.45) is 3.51. The number of hydrogen-bond donors (Lipinski definition) is 1. The highest BCUT2D eigenvalue weighted by Crippen LogP contribution is 2.28. The Morgan fingerprint density at radius 2 is 2.10 bits per heavy atom. The summed E-state index contributed by atoms with van der Waals surface area (Å²) in [5.74, 6) is 1.43. The summed E-state index contributed by atoms with van der Waals surface area (Å²) in [6.45, 7) is 6.32. The summed E-state index contributed by atoms with van der Waals surface area (Å²) >= 11 is 0. The lowest BCUT2D eigenvalue weighted by Gasteiger charge is -2.11. The first-order valence-electron chi connectivity index (χ1n) is 6.83. The van der Waals surface area contributed by atoms with Crippen LogP contribution in [0.15, 0.2) is 12.3 Å². The molecule has 2 rings (SSSR count). The van der Waals surface area contributed by atoms with Gasteiger partial charge < -0.3 is 10.6 Å². The Morgan fingerprint density at radius 3 is 2.65 bits per heavy atom. The fourth-order valence-corrected chi connectivity index (χ4v) is 2.19. The van der Waals surface area contributed by atoms with Crippen LogP contribution in [-0.4, -0.2) is 26.8 Å². The van der Waals surface area contributed by atoms with Gasteiger partial charge in [0, 0.05) is 12.6 Å². The molecule has 20 heavy (non-hydrogen) atoms. The number of aryl methyl sites for hydroxylation is 1. The molecule has 0 spiro atoms. The molecule has 108 valence electrons. The van der Waals surface area contributed by atoms with Crippen LogP contribution in [0.5, 0.6) is 0 Å². The highest BCUT2D eigenvalue weighted by Gasteiger charge is 2.22. The standard InChI is InChI=1S/C14H21N5O/c1-5-6-11-18-12(9(2)3)13(19(11)20-4)10-7-8-16-14(15)17-10/h7-9H,5-6H2,1-4H3,(H2,15,16,17). The van der Waals surface area contributed by atoms with Gasteiger partial charge in [-0.1, -0.05) is 20.8 Å². The zero-order valence-electron chi connectivity index (χ0n) is 12.4. The lowest BCUT2D eigenvalue weighted by atomic mass is 10.1. The van der Waals surface area contributed by atoms with Gasteiger partial charge in [-0.2, -0.15) is 4.73 Å². The zero-order chi connectivity index (χ0) is 14.7. The summed E-state index contributed by atoms with van der Waals surface area (Å²) in [5, 5.41) is 0. The van der Waals surface area contributed by atoms with Gasteiger partial charge in [-0.15, -0.1) is 0 Å². The third kappa shape index (κ3) is 2.59. The number of nitrogen functional groups attached to an aromatic ring is 1. The van der Waals surface area contributed by atoms with Crippen molar-refractivity contribution in [3.05, 3.63) is 23.8 Å². The zero-order valence-corrected chi connectivity index (χ0v) is 12.4. The van der Waals surface area contributed by atoms with E-state index in [1.807, 2.05) is 6.07 Å². The van der Waals surface area contributed by atoms with Crippen molar-refractivity contribution in [2.24, 2.45) is 0 Å². The fraction of sp³-hybridized carbons (Fsp3) is 0.500. The Kier molecular flexibility index (Phi) is 4.22. The van der Waals surface area contributed by atoms with Crippen molar-refractivity contribution >= 4 is 5.95 Å². The molecule has 0 atom stereocenters. The van der Waals surface area contributed by atoms with E-state index in [1.165, 1.54) is 0 Å². The number of hydrogen-bond acceptors (Lipinski definition) is 5. The molecule has 2 N–H and O–H groups in total. The van der Waals surface area contributed by atoms with Crippen LogP contribution in [0.4, 0.5) is 5.95 Å². The van der Waals surface area contributed by atoms with Gasteiger partial charge in [0.25, 0.3) is 0 Å². The predicted molar refractivity (Wildman–Crippen MR) is 78.3 cm³/mol. The first-order valence-corrected chi connectivity index (χ1v) is 6.83. The predicted octanol–water partition coefficient (Wildman–Crippen LogP) is 2.06. The Balaban J connectivity index is 2.65. The third-order valence-electron chi connectivity index (χ3n) is 3.05. The van der Waals surface area contributed by atoms with E-state index in [2.05, 4.69) is 30.7 Å². The number of nitrogens with two attached hydrogens (primary N) is 1. The molecular formula is C14H21N5O. The maximum atomic E-state index is 5.69. The third-order valence-corrected chi connectivity index (χ3v) is 3.05. The smallest absolute Gasteiger partial charge is 0.220 e. The number of rotatable bonds is 5. The average molecular weight is 275 g/mol. The van der Waals surface area contributed by atoms with E-state index in [1.54, 1.807) is 18.0 Å². The summed E-state index contributed by atoms with van der Waals surface area (Å²) in [5.41, 5.74) is 8.25. The van der Waals surface area contributed by atoms with Gasteiger partial charge in [0.05, 0.1) is 11.4 Å². The molecule has 2 heterocycles. The second-order valence-electron chi connectivity index (χ2n) is 4.94.